The third-order valence-corrected chi connectivity index (χ3v) is 3.14. The summed E-state index contributed by atoms with van der Waals surface area (Å²) in [7, 11) is -2.20. The highest BCUT2D eigenvalue weighted by molar-refractivity contribution is 7.62. The minimum absolute atomic E-state index is 0.152. The van der Waals surface area contributed by atoms with Crippen molar-refractivity contribution in [3.63, 3.8) is 0 Å². The quantitative estimate of drug-likeness (QED) is 0.787. The monoisotopic (exact) mass is 273 g/mol. The number of aromatic nitrogens is 2. The second kappa shape index (κ2) is 6.16. The first kappa shape index (κ1) is 14.9. The van der Waals surface area contributed by atoms with Crippen LogP contribution >= 0.6 is 7.14 Å². The lowest BCUT2D eigenvalue weighted by Crippen LogP contribution is -2.29. The Balaban J connectivity index is 2.68. The van der Waals surface area contributed by atoms with Gasteiger partial charge < -0.3 is 15.0 Å². The van der Waals surface area contributed by atoms with E-state index < -0.39 is 12.8 Å². The average Bonchev–Trinajstić information content (AvgIpc) is 2.25. The summed E-state index contributed by atoms with van der Waals surface area (Å²) in [6.07, 6.45) is 2.40. The minimum atomic E-state index is -2.20. The first-order valence-corrected chi connectivity index (χ1v) is 8.59. The molecule has 1 aromatic rings. The maximum absolute atomic E-state index is 11.6. The average molecular weight is 273 g/mol. The van der Waals surface area contributed by atoms with Crippen LogP contribution in [-0.4, -0.2) is 35.3 Å². The van der Waals surface area contributed by atoms with Gasteiger partial charge in [-0.25, -0.2) is 4.79 Å². The number of nitrogen functional groups attached to an aromatic ring is 1. The Labute approximate surface area is 107 Å². The van der Waals surface area contributed by atoms with E-state index in [9.17, 15) is 9.36 Å². The normalized spacial score (nSPS) is 13.5. The molecule has 0 amide bonds. The van der Waals surface area contributed by atoms with Crippen LogP contribution < -0.4 is 11.4 Å². The van der Waals surface area contributed by atoms with Crippen molar-refractivity contribution in [3.8, 4) is 0 Å². The molecule has 0 aliphatic carbocycles. The van der Waals surface area contributed by atoms with Crippen LogP contribution in [-0.2, 0) is 15.8 Å². The van der Waals surface area contributed by atoms with Gasteiger partial charge in [-0.15, -0.1) is 0 Å². The smallest absolute Gasteiger partial charge is 0.349 e. The van der Waals surface area contributed by atoms with Crippen LogP contribution in [0.15, 0.2) is 17.1 Å². The molecule has 1 atom stereocenters. The molecule has 0 aromatic carbocycles. The van der Waals surface area contributed by atoms with Crippen LogP contribution in [0.5, 0.6) is 0 Å². The molecule has 0 radical (unpaired) electrons. The Bertz CT molecular complexity index is 495. The Morgan fingerprint density at radius 2 is 2.22 bits per heavy atom. The zero-order chi connectivity index (χ0) is 13.8. The van der Waals surface area contributed by atoms with E-state index in [0.29, 0.717) is 6.54 Å². The molecular formula is C11H20N3O3P. The largest absolute Gasteiger partial charge is 0.383 e. The summed E-state index contributed by atoms with van der Waals surface area (Å²) in [6.45, 7) is 5.70. The maximum Gasteiger partial charge on any atom is 0.349 e. The number of nitrogens with zero attached hydrogens (tertiary/aromatic N) is 2. The van der Waals surface area contributed by atoms with Crippen molar-refractivity contribution in [2.75, 3.05) is 25.4 Å². The molecule has 18 heavy (non-hydrogen) atoms. The molecule has 1 heterocycles. The SMILES string of the molecule is CC[C@H](Cn1ccc(N)nc1=O)OCP(C)(C)=O. The summed E-state index contributed by atoms with van der Waals surface area (Å²) in [4.78, 5) is 15.2. The van der Waals surface area contributed by atoms with Gasteiger partial charge in [0.1, 0.15) is 13.0 Å². The number of anilines is 1. The summed E-state index contributed by atoms with van der Waals surface area (Å²) in [5, 5.41) is 0. The Morgan fingerprint density at radius 1 is 1.56 bits per heavy atom. The lowest BCUT2D eigenvalue weighted by atomic mass is 10.3. The first-order chi connectivity index (χ1) is 8.31. The van der Waals surface area contributed by atoms with Crippen LogP contribution in [0.25, 0.3) is 0 Å². The molecular weight excluding hydrogens is 253 g/mol. The fraction of sp³-hybridized carbons (Fsp3) is 0.636. The van der Waals surface area contributed by atoms with Crippen molar-refractivity contribution in [2.24, 2.45) is 0 Å². The third-order valence-electron chi connectivity index (χ3n) is 2.37. The van der Waals surface area contributed by atoms with E-state index in [1.165, 1.54) is 4.57 Å². The van der Waals surface area contributed by atoms with E-state index >= 15 is 0 Å². The zero-order valence-corrected chi connectivity index (χ0v) is 11.9. The van der Waals surface area contributed by atoms with E-state index in [-0.39, 0.29) is 18.3 Å². The Hall–Kier alpha value is -1.13. The lowest BCUT2D eigenvalue weighted by molar-refractivity contribution is 0.0679. The predicted molar refractivity (Wildman–Crippen MR) is 72.4 cm³/mol. The standard InChI is InChI=1S/C11H20N3O3P/c1-4-9(17-8-18(2,3)16)7-14-6-5-10(12)13-11(14)15/h5-6,9H,4,7-8H2,1-3H3,(H2,12,13,15)/t9-/m1/s1. The van der Waals surface area contributed by atoms with Crippen LogP contribution in [0.1, 0.15) is 13.3 Å². The van der Waals surface area contributed by atoms with Gasteiger partial charge in [-0.05, 0) is 25.8 Å². The second-order valence-electron chi connectivity index (χ2n) is 4.69. The molecule has 6 nitrogen and oxygen atoms in total. The van der Waals surface area contributed by atoms with E-state index in [0.717, 1.165) is 6.42 Å². The predicted octanol–water partition coefficient (Wildman–Crippen LogP) is 1.20. The third kappa shape index (κ3) is 5.02. The van der Waals surface area contributed by atoms with Gasteiger partial charge in [0.15, 0.2) is 0 Å². The number of nitrogens with two attached hydrogens (primary N) is 1. The van der Waals surface area contributed by atoms with Gasteiger partial charge in [0.05, 0.1) is 19.0 Å². The maximum atomic E-state index is 11.6. The summed E-state index contributed by atoms with van der Waals surface area (Å²) < 4.78 is 18.6. The molecule has 0 saturated heterocycles. The molecule has 0 spiro atoms. The summed E-state index contributed by atoms with van der Waals surface area (Å²) in [5.74, 6) is 0.205. The highest BCUT2D eigenvalue weighted by Crippen LogP contribution is 2.36. The van der Waals surface area contributed by atoms with E-state index in [1.807, 2.05) is 6.92 Å². The number of hydrogen-bond acceptors (Lipinski definition) is 5. The highest BCUT2D eigenvalue weighted by Gasteiger charge is 2.14. The summed E-state index contributed by atoms with van der Waals surface area (Å²) in [6, 6.07) is 1.57. The van der Waals surface area contributed by atoms with Gasteiger partial charge in [-0.3, -0.25) is 4.57 Å². The molecule has 2 N–H and O–H groups in total. The van der Waals surface area contributed by atoms with Gasteiger partial charge in [0, 0.05) is 6.20 Å². The van der Waals surface area contributed by atoms with Gasteiger partial charge in [0.2, 0.25) is 0 Å². The van der Waals surface area contributed by atoms with Crippen molar-refractivity contribution < 1.29 is 9.30 Å². The molecule has 0 fully saturated rings. The summed E-state index contributed by atoms with van der Waals surface area (Å²) in [5.41, 5.74) is 5.02. The van der Waals surface area contributed by atoms with Crippen molar-refractivity contribution >= 4 is 13.0 Å². The molecule has 0 unspecified atom stereocenters. The molecule has 0 saturated carbocycles. The molecule has 1 rings (SSSR count). The zero-order valence-electron chi connectivity index (χ0n) is 11.0. The minimum Gasteiger partial charge on any atom is -0.383 e. The summed E-state index contributed by atoms with van der Waals surface area (Å²) >= 11 is 0. The van der Waals surface area contributed by atoms with Crippen LogP contribution in [0.3, 0.4) is 0 Å². The molecule has 0 bridgehead atoms. The van der Waals surface area contributed by atoms with Crippen molar-refractivity contribution in [3.05, 3.63) is 22.7 Å². The van der Waals surface area contributed by atoms with Crippen LogP contribution in [0.2, 0.25) is 0 Å². The Kier molecular flexibility index (Phi) is 5.11. The molecule has 7 heteroatoms. The van der Waals surface area contributed by atoms with E-state index in [4.69, 9.17) is 10.5 Å². The Morgan fingerprint density at radius 3 is 2.72 bits per heavy atom. The molecule has 0 aliphatic heterocycles. The topological polar surface area (TPSA) is 87.2 Å². The lowest BCUT2D eigenvalue weighted by Gasteiger charge is -2.18. The van der Waals surface area contributed by atoms with Crippen LogP contribution in [0.4, 0.5) is 5.82 Å². The fourth-order valence-electron chi connectivity index (χ4n) is 1.38. The van der Waals surface area contributed by atoms with E-state index in [1.54, 1.807) is 25.6 Å². The number of rotatable bonds is 6. The first-order valence-electron chi connectivity index (χ1n) is 5.80. The molecule has 0 aliphatic rings. The van der Waals surface area contributed by atoms with Crippen molar-refractivity contribution in [1.29, 1.82) is 0 Å². The van der Waals surface area contributed by atoms with Gasteiger partial charge >= 0.3 is 5.69 Å². The second-order valence-corrected chi connectivity index (χ2v) is 8.09. The number of hydrogen-bond donors (Lipinski definition) is 1. The molecule has 102 valence electrons. The van der Waals surface area contributed by atoms with Gasteiger partial charge in [-0.2, -0.15) is 4.98 Å². The highest BCUT2D eigenvalue weighted by atomic mass is 31.2. The van der Waals surface area contributed by atoms with Crippen molar-refractivity contribution in [1.82, 2.24) is 9.55 Å². The van der Waals surface area contributed by atoms with Gasteiger partial charge in [0.25, 0.3) is 0 Å². The fourth-order valence-corrected chi connectivity index (χ4v) is 1.95. The van der Waals surface area contributed by atoms with Crippen molar-refractivity contribution in [2.45, 2.75) is 26.0 Å². The van der Waals surface area contributed by atoms with Gasteiger partial charge in [-0.1, -0.05) is 6.92 Å². The molecule has 1 aromatic heterocycles. The van der Waals surface area contributed by atoms with Crippen LogP contribution in [0, 0.1) is 0 Å². The van der Waals surface area contributed by atoms with E-state index in [2.05, 4.69) is 4.98 Å². The number of ether oxygens (including phenoxy) is 1.